The first-order valence-electron chi connectivity index (χ1n) is 4.65. The average Bonchev–Trinajstić information content (AvgIpc) is 2.17. The van der Waals surface area contributed by atoms with Gasteiger partial charge in [-0.2, -0.15) is 11.8 Å². The summed E-state index contributed by atoms with van der Waals surface area (Å²) in [5.74, 6) is 0.253. The standard InChI is InChI=1S/C11H14FNOS/c1-8(14)13-11(7-15-2)9-5-3-4-6-10(9)12/h3-6,11H,7H2,1-2H3,(H,13,14). The number of amides is 1. The molecule has 0 fully saturated rings. The molecule has 1 aromatic rings. The zero-order valence-corrected chi connectivity index (χ0v) is 9.60. The van der Waals surface area contributed by atoms with Gasteiger partial charge in [-0.25, -0.2) is 4.39 Å². The first-order chi connectivity index (χ1) is 7.15. The molecule has 1 amide bonds. The third kappa shape index (κ3) is 3.55. The van der Waals surface area contributed by atoms with Gasteiger partial charge in [-0.05, 0) is 12.3 Å². The lowest BCUT2D eigenvalue weighted by molar-refractivity contribution is -0.119. The minimum atomic E-state index is -0.273. The van der Waals surface area contributed by atoms with Crippen molar-refractivity contribution in [2.45, 2.75) is 13.0 Å². The molecular formula is C11H14FNOS. The van der Waals surface area contributed by atoms with Crippen LogP contribution in [0.2, 0.25) is 0 Å². The smallest absolute Gasteiger partial charge is 0.217 e. The highest BCUT2D eigenvalue weighted by Crippen LogP contribution is 2.19. The van der Waals surface area contributed by atoms with E-state index >= 15 is 0 Å². The second-order valence-electron chi connectivity index (χ2n) is 3.23. The molecule has 0 radical (unpaired) electrons. The van der Waals surface area contributed by atoms with Gasteiger partial charge >= 0.3 is 0 Å². The number of nitrogens with one attached hydrogen (secondary N) is 1. The summed E-state index contributed by atoms with van der Waals surface area (Å²) in [5, 5.41) is 2.74. The van der Waals surface area contributed by atoms with Crippen LogP contribution in [0.5, 0.6) is 0 Å². The Kier molecular flexibility index (Phi) is 4.62. The molecule has 4 heteroatoms. The summed E-state index contributed by atoms with van der Waals surface area (Å²) in [7, 11) is 0. The summed E-state index contributed by atoms with van der Waals surface area (Å²) in [6.07, 6.45) is 1.93. The maximum Gasteiger partial charge on any atom is 0.217 e. The predicted octanol–water partition coefficient (Wildman–Crippen LogP) is 2.37. The molecule has 1 N–H and O–H groups in total. The van der Waals surface area contributed by atoms with Crippen LogP contribution >= 0.6 is 11.8 Å². The van der Waals surface area contributed by atoms with E-state index in [1.807, 2.05) is 6.26 Å². The normalized spacial score (nSPS) is 12.2. The Morgan fingerprint density at radius 3 is 2.73 bits per heavy atom. The second-order valence-corrected chi connectivity index (χ2v) is 4.14. The topological polar surface area (TPSA) is 29.1 Å². The van der Waals surface area contributed by atoms with E-state index in [2.05, 4.69) is 5.32 Å². The van der Waals surface area contributed by atoms with Crippen molar-refractivity contribution in [2.24, 2.45) is 0 Å². The van der Waals surface area contributed by atoms with Gasteiger partial charge in [0.1, 0.15) is 5.82 Å². The Morgan fingerprint density at radius 2 is 2.20 bits per heavy atom. The molecule has 1 rings (SSSR count). The van der Waals surface area contributed by atoms with Crippen molar-refractivity contribution in [1.82, 2.24) is 5.32 Å². The maximum absolute atomic E-state index is 13.5. The number of hydrogen-bond acceptors (Lipinski definition) is 2. The zero-order valence-electron chi connectivity index (χ0n) is 8.79. The van der Waals surface area contributed by atoms with E-state index in [0.717, 1.165) is 0 Å². The van der Waals surface area contributed by atoms with E-state index in [9.17, 15) is 9.18 Å². The number of carbonyl (C=O) groups is 1. The van der Waals surface area contributed by atoms with Crippen molar-refractivity contribution in [1.29, 1.82) is 0 Å². The monoisotopic (exact) mass is 227 g/mol. The van der Waals surface area contributed by atoms with E-state index in [1.54, 1.807) is 30.0 Å². The number of thioether (sulfide) groups is 1. The van der Waals surface area contributed by atoms with Gasteiger partial charge in [0.15, 0.2) is 0 Å². The molecule has 1 unspecified atom stereocenters. The molecule has 0 aromatic heterocycles. The van der Waals surface area contributed by atoms with Crippen molar-refractivity contribution in [2.75, 3.05) is 12.0 Å². The van der Waals surface area contributed by atoms with E-state index in [-0.39, 0.29) is 17.8 Å². The molecule has 82 valence electrons. The Balaban J connectivity index is 2.88. The third-order valence-electron chi connectivity index (χ3n) is 1.99. The first kappa shape index (κ1) is 12.0. The maximum atomic E-state index is 13.5. The van der Waals surface area contributed by atoms with E-state index < -0.39 is 0 Å². The summed E-state index contributed by atoms with van der Waals surface area (Å²) in [6, 6.07) is 6.27. The van der Waals surface area contributed by atoms with E-state index in [0.29, 0.717) is 11.3 Å². The van der Waals surface area contributed by atoms with E-state index in [1.165, 1.54) is 13.0 Å². The van der Waals surface area contributed by atoms with Crippen molar-refractivity contribution in [3.8, 4) is 0 Å². The molecule has 0 bridgehead atoms. The molecule has 0 aliphatic rings. The fraction of sp³-hybridized carbons (Fsp3) is 0.364. The Labute approximate surface area is 93.3 Å². The van der Waals surface area contributed by atoms with Crippen LogP contribution in [-0.4, -0.2) is 17.9 Å². The number of halogens is 1. The van der Waals surface area contributed by atoms with Crippen LogP contribution in [0.4, 0.5) is 4.39 Å². The summed E-state index contributed by atoms with van der Waals surface area (Å²) in [5.41, 5.74) is 0.544. The molecule has 1 aromatic carbocycles. The third-order valence-corrected chi connectivity index (χ3v) is 2.66. The predicted molar refractivity (Wildman–Crippen MR) is 61.3 cm³/mol. The fourth-order valence-electron chi connectivity index (χ4n) is 1.38. The van der Waals surface area contributed by atoms with Crippen LogP contribution in [0.3, 0.4) is 0 Å². The number of benzene rings is 1. The molecule has 15 heavy (non-hydrogen) atoms. The van der Waals surface area contributed by atoms with E-state index in [4.69, 9.17) is 0 Å². The Bertz CT molecular complexity index is 343. The molecule has 0 aliphatic heterocycles. The molecule has 0 heterocycles. The van der Waals surface area contributed by atoms with Crippen molar-refractivity contribution >= 4 is 17.7 Å². The van der Waals surface area contributed by atoms with Crippen LogP contribution in [0, 0.1) is 5.82 Å². The minimum Gasteiger partial charge on any atom is -0.349 e. The summed E-state index contributed by atoms with van der Waals surface area (Å²) >= 11 is 1.57. The van der Waals surface area contributed by atoms with Crippen molar-refractivity contribution in [3.63, 3.8) is 0 Å². The summed E-state index contributed by atoms with van der Waals surface area (Å²) in [4.78, 5) is 11.0. The molecular weight excluding hydrogens is 213 g/mol. The van der Waals surface area contributed by atoms with Gasteiger partial charge in [0.25, 0.3) is 0 Å². The van der Waals surface area contributed by atoms with Crippen LogP contribution in [0.15, 0.2) is 24.3 Å². The Morgan fingerprint density at radius 1 is 1.53 bits per heavy atom. The van der Waals surface area contributed by atoms with Gasteiger partial charge in [0, 0.05) is 18.2 Å². The first-order valence-corrected chi connectivity index (χ1v) is 6.05. The number of carbonyl (C=O) groups excluding carboxylic acids is 1. The summed E-state index contributed by atoms with van der Waals surface area (Å²) < 4.78 is 13.5. The summed E-state index contributed by atoms with van der Waals surface area (Å²) in [6.45, 7) is 1.44. The molecule has 0 spiro atoms. The van der Waals surface area contributed by atoms with Crippen LogP contribution in [0.25, 0.3) is 0 Å². The molecule has 1 atom stereocenters. The highest BCUT2D eigenvalue weighted by Gasteiger charge is 2.15. The number of rotatable bonds is 4. The van der Waals surface area contributed by atoms with Gasteiger partial charge in [0.05, 0.1) is 6.04 Å². The SMILES string of the molecule is CSCC(NC(C)=O)c1ccccc1F. The lowest BCUT2D eigenvalue weighted by Gasteiger charge is -2.17. The highest BCUT2D eigenvalue weighted by molar-refractivity contribution is 7.98. The minimum absolute atomic E-state index is 0.141. The lowest BCUT2D eigenvalue weighted by Crippen LogP contribution is -2.28. The average molecular weight is 227 g/mol. The molecule has 0 aliphatic carbocycles. The van der Waals surface area contributed by atoms with Crippen LogP contribution in [-0.2, 0) is 4.79 Å². The lowest BCUT2D eigenvalue weighted by atomic mass is 10.1. The van der Waals surface area contributed by atoms with Crippen molar-refractivity contribution < 1.29 is 9.18 Å². The number of hydrogen-bond donors (Lipinski definition) is 1. The van der Waals surface area contributed by atoms with Gasteiger partial charge < -0.3 is 5.32 Å². The van der Waals surface area contributed by atoms with Gasteiger partial charge in [-0.15, -0.1) is 0 Å². The fourth-order valence-corrected chi connectivity index (χ4v) is 1.98. The van der Waals surface area contributed by atoms with Gasteiger partial charge in [-0.3, -0.25) is 4.79 Å². The van der Waals surface area contributed by atoms with Gasteiger partial charge in [0.2, 0.25) is 5.91 Å². The van der Waals surface area contributed by atoms with Crippen molar-refractivity contribution in [3.05, 3.63) is 35.6 Å². The Hall–Kier alpha value is -1.03. The molecule has 0 saturated heterocycles. The van der Waals surface area contributed by atoms with Gasteiger partial charge in [-0.1, -0.05) is 18.2 Å². The second kappa shape index (κ2) is 5.75. The zero-order chi connectivity index (χ0) is 11.3. The van der Waals surface area contributed by atoms with Crippen LogP contribution in [0.1, 0.15) is 18.5 Å². The quantitative estimate of drug-likeness (QED) is 0.855. The largest absolute Gasteiger partial charge is 0.349 e. The molecule has 2 nitrogen and oxygen atoms in total. The highest BCUT2D eigenvalue weighted by atomic mass is 32.2. The van der Waals surface area contributed by atoms with Crippen LogP contribution < -0.4 is 5.32 Å². The molecule has 0 saturated carbocycles.